The third kappa shape index (κ3) is 2.32. The largest absolute Gasteiger partial charge is 0.469 e. The van der Waals surface area contributed by atoms with Crippen LogP contribution in [-0.2, 0) is 19.4 Å². The smallest absolute Gasteiger partial charge is 0.239 e. The highest BCUT2D eigenvalue weighted by Gasteiger charge is 2.25. The second-order valence-corrected chi connectivity index (χ2v) is 5.99. The van der Waals surface area contributed by atoms with Crippen LogP contribution in [0, 0.1) is 0 Å². The molecule has 0 atom stereocenters. The van der Waals surface area contributed by atoms with E-state index >= 15 is 0 Å². The molecule has 0 saturated heterocycles. The SMILES string of the molecule is O=C(Cc1ccco1)n1c(Br)c(Br)c2c1CCNC2. The molecule has 6 heteroatoms. The van der Waals surface area contributed by atoms with Crippen LogP contribution in [0.25, 0.3) is 0 Å². The molecular weight excluding hydrogens is 376 g/mol. The molecule has 19 heavy (non-hydrogen) atoms. The zero-order valence-electron chi connectivity index (χ0n) is 10.1. The van der Waals surface area contributed by atoms with Gasteiger partial charge in [0.1, 0.15) is 10.4 Å². The minimum Gasteiger partial charge on any atom is -0.469 e. The fraction of sp³-hybridized carbons (Fsp3) is 0.308. The molecule has 0 spiro atoms. The molecule has 3 rings (SSSR count). The molecule has 0 saturated carbocycles. The van der Waals surface area contributed by atoms with Gasteiger partial charge >= 0.3 is 0 Å². The van der Waals surface area contributed by atoms with E-state index in [-0.39, 0.29) is 12.3 Å². The number of fused-ring (bicyclic) bond motifs is 1. The third-order valence-corrected chi connectivity index (χ3v) is 5.39. The Kier molecular flexibility index (Phi) is 3.64. The van der Waals surface area contributed by atoms with Gasteiger partial charge in [-0.2, -0.15) is 0 Å². The number of rotatable bonds is 2. The summed E-state index contributed by atoms with van der Waals surface area (Å²) in [5.74, 6) is 0.704. The molecule has 1 aliphatic rings. The molecule has 1 aliphatic heterocycles. The van der Waals surface area contributed by atoms with Crippen LogP contribution in [0.1, 0.15) is 21.8 Å². The molecule has 0 radical (unpaired) electrons. The molecular formula is C13H12Br2N2O2. The van der Waals surface area contributed by atoms with E-state index in [2.05, 4.69) is 37.2 Å². The molecule has 2 aromatic rings. The van der Waals surface area contributed by atoms with Gasteiger partial charge in [-0.1, -0.05) is 0 Å². The highest BCUT2D eigenvalue weighted by Crippen LogP contribution is 2.34. The lowest BCUT2D eigenvalue weighted by Gasteiger charge is -2.16. The summed E-state index contributed by atoms with van der Waals surface area (Å²) in [5.41, 5.74) is 2.24. The zero-order chi connectivity index (χ0) is 13.4. The Morgan fingerprint density at radius 3 is 3.05 bits per heavy atom. The number of aromatic nitrogens is 1. The second-order valence-electron chi connectivity index (χ2n) is 4.44. The first-order chi connectivity index (χ1) is 9.18. The van der Waals surface area contributed by atoms with E-state index in [1.54, 1.807) is 16.9 Å². The van der Waals surface area contributed by atoms with E-state index in [9.17, 15) is 4.79 Å². The number of hydrogen-bond acceptors (Lipinski definition) is 3. The summed E-state index contributed by atoms with van der Waals surface area (Å²) in [6, 6.07) is 3.61. The van der Waals surface area contributed by atoms with E-state index in [4.69, 9.17) is 4.42 Å². The van der Waals surface area contributed by atoms with Crippen LogP contribution in [0.5, 0.6) is 0 Å². The molecule has 1 N–H and O–H groups in total. The lowest BCUT2D eigenvalue weighted by molar-refractivity contribution is 0.0901. The Bertz CT molecular complexity index is 617. The minimum atomic E-state index is 0.0191. The lowest BCUT2D eigenvalue weighted by Crippen LogP contribution is -2.27. The fourth-order valence-corrected chi connectivity index (χ4v) is 3.56. The molecule has 0 unspecified atom stereocenters. The summed E-state index contributed by atoms with van der Waals surface area (Å²) in [6.45, 7) is 1.68. The van der Waals surface area contributed by atoms with E-state index < -0.39 is 0 Å². The Hall–Kier alpha value is -0.850. The van der Waals surface area contributed by atoms with Gasteiger partial charge in [0.2, 0.25) is 5.91 Å². The van der Waals surface area contributed by atoms with Crippen LogP contribution in [0.2, 0.25) is 0 Å². The normalized spacial score (nSPS) is 14.4. The summed E-state index contributed by atoms with van der Waals surface area (Å²) >= 11 is 7.05. The van der Waals surface area contributed by atoms with Crippen LogP contribution in [-0.4, -0.2) is 17.0 Å². The van der Waals surface area contributed by atoms with Crippen molar-refractivity contribution in [3.05, 3.63) is 44.5 Å². The third-order valence-electron chi connectivity index (χ3n) is 3.26. The number of halogens is 2. The fourth-order valence-electron chi connectivity index (χ4n) is 2.37. The molecule has 0 amide bonds. The second kappa shape index (κ2) is 5.26. The molecule has 2 aromatic heterocycles. The highest BCUT2D eigenvalue weighted by atomic mass is 79.9. The summed E-state index contributed by atoms with van der Waals surface area (Å²) in [6.07, 6.45) is 2.71. The number of nitrogens with one attached hydrogen (secondary N) is 1. The minimum absolute atomic E-state index is 0.0191. The monoisotopic (exact) mass is 386 g/mol. The number of carbonyl (C=O) groups excluding carboxylic acids is 1. The van der Waals surface area contributed by atoms with Gasteiger partial charge in [0, 0.05) is 30.8 Å². The van der Waals surface area contributed by atoms with E-state index in [1.165, 1.54) is 0 Å². The van der Waals surface area contributed by atoms with Gasteiger partial charge in [0.05, 0.1) is 17.2 Å². The first kappa shape index (κ1) is 13.1. The van der Waals surface area contributed by atoms with Crippen molar-refractivity contribution < 1.29 is 9.21 Å². The standard InChI is InChI=1S/C13H12Br2N2O2/c14-12-9-7-16-4-3-10(9)17(13(12)15)11(18)6-8-2-1-5-19-8/h1-2,5,16H,3-4,6-7H2. The summed E-state index contributed by atoms with van der Waals surface area (Å²) in [4.78, 5) is 12.4. The molecule has 0 aliphatic carbocycles. The summed E-state index contributed by atoms with van der Waals surface area (Å²) in [7, 11) is 0. The average Bonchev–Trinajstić information content (AvgIpc) is 2.99. The van der Waals surface area contributed by atoms with E-state index in [0.29, 0.717) is 5.76 Å². The van der Waals surface area contributed by atoms with Gasteiger partial charge in [-0.15, -0.1) is 0 Å². The van der Waals surface area contributed by atoms with Crippen molar-refractivity contribution in [1.82, 2.24) is 9.88 Å². The van der Waals surface area contributed by atoms with Crippen molar-refractivity contribution in [1.29, 1.82) is 0 Å². The number of nitrogens with zero attached hydrogens (tertiary/aromatic N) is 1. The predicted molar refractivity (Wildman–Crippen MR) is 78.3 cm³/mol. The topological polar surface area (TPSA) is 47.2 Å². The van der Waals surface area contributed by atoms with Crippen LogP contribution >= 0.6 is 31.9 Å². The van der Waals surface area contributed by atoms with Crippen molar-refractivity contribution in [2.45, 2.75) is 19.4 Å². The van der Waals surface area contributed by atoms with Crippen LogP contribution in [0.4, 0.5) is 0 Å². The quantitative estimate of drug-likeness (QED) is 0.860. The highest BCUT2D eigenvalue weighted by molar-refractivity contribution is 9.13. The van der Waals surface area contributed by atoms with Crippen molar-refractivity contribution in [2.75, 3.05) is 6.54 Å². The van der Waals surface area contributed by atoms with Gasteiger partial charge in [-0.3, -0.25) is 9.36 Å². The van der Waals surface area contributed by atoms with Crippen molar-refractivity contribution >= 4 is 37.8 Å². The lowest BCUT2D eigenvalue weighted by atomic mass is 10.1. The number of furan rings is 1. The van der Waals surface area contributed by atoms with Gasteiger partial charge in [-0.25, -0.2) is 0 Å². The maximum atomic E-state index is 12.4. The Labute approximate surface area is 127 Å². The van der Waals surface area contributed by atoms with Gasteiger partial charge in [-0.05, 0) is 44.0 Å². The average molecular weight is 388 g/mol. The molecule has 4 nitrogen and oxygen atoms in total. The predicted octanol–water partition coefficient (Wildman–Crippen LogP) is 3.13. The van der Waals surface area contributed by atoms with Crippen LogP contribution in [0.3, 0.4) is 0 Å². The maximum absolute atomic E-state index is 12.4. The molecule has 0 fully saturated rings. The number of hydrogen-bond donors (Lipinski definition) is 1. The molecule has 0 bridgehead atoms. The Balaban J connectivity index is 1.98. The van der Waals surface area contributed by atoms with Crippen molar-refractivity contribution in [2.24, 2.45) is 0 Å². The van der Waals surface area contributed by atoms with E-state index in [0.717, 1.165) is 39.8 Å². The Morgan fingerprint density at radius 2 is 2.32 bits per heavy atom. The van der Waals surface area contributed by atoms with Gasteiger partial charge in [0.25, 0.3) is 0 Å². The molecule has 100 valence electrons. The molecule has 0 aromatic carbocycles. The first-order valence-electron chi connectivity index (χ1n) is 6.02. The summed E-state index contributed by atoms with van der Waals surface area (Å²) < 4.78 is 8.75. The van der Waals surface area contributed by atoms with Crippen molar-refractivity contribution in [3.63, 3.8) is 0 Å². The van der Waals surface area contributed by atoms with Gasteiger partial charge < -0.3 is 9.73 Å². The van der Waals surface area contributed by atoms with Crippen LogP contribution in [0.15, 0.2) is 31.9 Å². The number of carbonyl (C=O) groups is 1. The molecule has 3 heterocycles. The van der Waals surface area contributed by atoms with E-state index in [1.807, 2.05) is 6.07 Å². The zero-order valence-corrected chi connectivity index (χ0v) is 13.3. The van der Waals surface area contributed by atoms with Crippen LogP contribution < -0.4 is 5.32 Å². The Morgan fingerprint density at radius 1 is 1.47 bits per heavy atom. The van der Waals surface area contributed by atoms with Gasteiger partial charge in [0.15, 0.2) is 0 Å². The first-order valence-corrected chi connectivity index (χ1v) is 7.61. The maximum Gasteiger partial charge on any atom is 0.239 e. The summed E-state index contributed by atoms with van der Waals surface area (Å²) in [5, 5.41) is 3.31. The van der Waals surface area contributed by atoms with Crippen molar-refractivity contribution in [3.8, 4) is 0 Å².